The number of methoxy groups -OCH3 is 1. The Labute approximate surface area is 81.6 Å². The normalized spacial score (nSPS) is 14.8. The van der Waals surface area contributed by atoms with Gasteiger partial charge in [0, 0.05) is 0 Å². The Balaban J connectivity index is 4.16. The van der Waals surface area contributed by atoms with E-state index < -0.39 is 11.6 Å². The first-order valence-corrected chi connectivity index (χ1v) is 4.89. The molecule has 0 unspecified atom stereocenters. The molecule has 0 spiro atoms. The second kappa shape index (κ2) is 5.24. The van der Waals surface area contributed by atoms with Gasteiger partial charge in [-0.3, -0.25) is 4.79 Å². The Kier molecular flexibility index (Phi) is 5.02. The zero-order valence-electron chi connectivity index (χ0n) is 7.99. The van der Waals surface area contributed by atoms with Crippen LogP contribution in [0.15, 0.2) is 0 Å². The monoisotopic (exact) mass is 206 g/mol. The van der Waals surface area contributed by atoms with E-state index in [4.69, 9.17) is 0 Å². The Morgan fingerprint density at radius 3 is 2.46 bits per heavy atom. The van der Waals surface area contributed by atoms with Crippen molar-refractivity contribution in [3.8, 4) is 0 Å². The van der Waals surface area contributed by atoms with Crippen molar-refractivity contribution in [3.63, 3.8) is 0 Å². The summed E-state index contributed by atoms with van der Waals surface area (Å²) >= 11 is 1.08. The van der Waals surface area contributed by atoms with E-state index in [0.717, 1.165) is 11.8 Å². The van der Waals surface area contributed by atoms with Crippen molar-refractivity contribution in [1.29, 1.82) is 0 Å². The molecule has 0 aliphatic heterocycles. The van der Waals surface area contributed by atoms with Gasteiger partial charge >= 0.3 is 5.97 Å². The molecule has 0 saturated carbocycles. The maximum atomic E-state index is 11.1. The van der Waals surface area contributed by atoms with E-state index in [1.165, 1.54) is 14.0 Å². The lowest BCUT2D eigenvalue weighted by molar-refractivity contribution is -0.161. The van der Waals surface area contributed by atoms with Gasteiger partial charge in [-0.1, -0.05) is 18.7 Å². The molecular weight excluding hydrogens is 192 g/mol. The molecule has 4 nitrogen and oxygen atoms in total. The third kappa shape index (κ3) is 4.28. The lowest BCUT2D eigenvalue weighted by Gasteiger charge is -2.18. The van der Waals surface area contributed by atoms with Gasteiger partial charge in [-0.15, -0.1) is 0 Å². The molecule has 0 rings (SSSR count). The van der Waals surface area contributed by atoms with Crippen LogP contribution in [0.2, 0.25) is 0 Å². The zero-order valence-corrected chi connectivity index (χ0v) is 8.81. The van der Waals surface area contributed by atoms with Crippen LogP contribution in [-0.2, 0) is 14.3 Å². The van der Waals surface area contributed by atoms with Crippen molar-refractivity contribution in [2.75, 3.05) is 12.9 Å². The first-order valence-electron chi connectivity index (χ1n) is 3.90. The molecule has 1 atom stereocenters. The van der Waals surface area contributed by atoms with Crippen molar-refractivity contribution in [1.82, 2.24) is 0 Å². The summed E-state index contributed by atoms with van der Waals surface area (Å²) in [6, 6.07) is 0. The van der Waals surface area contributed by atoms with Crippen LogP contribution in [0.4, 0.5) is 0 Å². The lowest BCUT2D eigenvalue weighted by atomic mass is 10.0. The summed E-state index contributed by atoms with van der Waals surface area (Å²) in [6.07, 6.45) is -0.210. The average molecular weight is 206 g/mol. The van der Waals surface area contributed by atoms with Gasteiger partial charge in [0.05, 0.1) is 13.5 Å². The summed E-state index contributed by atoms with van der Waals surface area (Å²) in [6.45, 7) is 3.10. The smallest absolute Gasteiger partial charge is 0.338 e. The van der Waals surface area contributed by atoms with E-state index in [0.29, 0.717) is 5.75 Å². The fourth-order valence-corrected chi connectivity index (χ4v) is 1.49. The third-order valence-corrected chi connectivity index (χ3v) is 2.17. The van der Waals surface area contributed by atoms with Crippen molar-refractivity contribution in [2.45, 2.75) is 25.9 Å². The lowest BCUT2D eigenvalue weighted by Crippen LogP contribution is -2.37. The molecule has 0 fully saturated rings. The molecule has 0 heterocycles. The molecule has 0 radical (unpaired) electrons. The van der Waals surface area contributed by atoms with Gasteiger partial charge < -0.3 is 9.84 Å². The third-order valence-electron chi connectivity index (χ3n) is 1.42. The molecule has 0 saturated heterocycles. The van der Waals surface area contributed by atoms with Crippen molar-refractivity contribution in [3.05, 3.63) is 0 Å². The second-order valence-corrected chi connectivity index (χ2v) is 4.07. The molecule has 0 amide bonds. The molecule has 1 N–H and O–H groups in total. The highest BCUT2D eigenvalue weighted by Crippen LogP contribution is 2.16. The van der Waals surface area contributed by atoms with Crippen LogP contribution in [0.1, 0.15) is 20.3 Å². The first kappa shape index (κ1) is 12.4. The minimum Gasteiger partial charge on any atom is -0.467 e. The number of hydrogen-bond acceptors (Lipinski definition) is 5. The molecule has 0 aliphatic rings. The molecule has 13 heavy (non-hydrogen) atoms. The number of thioether (sulfide) groups is 1. The summed E-state index contributed by atoms with van der Waals surface area (Å²) in [5.74, 6) is -0.145. The van der Waals surface area contributed by atoms with Crippen LogP contribution in [0.3, 0.4) is 0 Å². The van der Waals surface area contributed by atoms with E-state index >= 15 is 0 Å². The largest absolute Gasteiger partial charge is 0.467 e. The summed E-state index contributed by atoms with van der Waals surface area (Å²) < 4.78 is 4.34. The first-order chi connectivity index (χ1) is 5.94. The van der Waals surface area contributed by atoms with Gasteiger partial charge in [0.15, 0.2) is 10.7 Å². The highest BCUT2D eigenvalue weighted by atomic mass is 32.2. The fourth-order valence-electron chi connectivity index (χ4n) is 0.785. The Morgan fingerprint density at radius 1 is 1.54 bits per heavy atom. The zero-order chi connectivity index (χ0) is 10.5. The van der Waals surface area contributed by atoms with Gasteiger partial charge in [-0.25, -0.2) is 4.79 Å². The van der Waals surface area contributed by atoms with Crippen LogP contribution in [0.25, 0.3) is 0 Å². The van der Waals surface area contributed by atoms with Crippen LogP contribution < -0.4 is 0 Å². The van der Waals surface area contributed by atoms with Gasteiger partial charge in [-0.05, 0) is 12.7 Å². The predicted octanol–water partition coefficient (Wildman–Crippen LogP) is 0.580. The number of aliphatic hydroxyl groups is 1. The highest BCUT2D eigenvalue weighted by molar-refractivity contribution is 8.13. The molecule has 0 aromatic rings. The van der Waals surface area contributed by atoms with Gasteiger partial charge in [0.2, 0.25) is 0 Å². The van der Waals surface area contributed by atoms with E-state index in [1.807, 2.05) is 6.92 Å². The minimum absolute atomic E-state index is 0.210. The second-order valence-electron chi connectivity index (χ2n) is 2.75. The number of esters is 1. The van der Waals surface area contributed by atoms with Crippen LogP contribution in [0.5, 0.6) is 0 Å². The average Bonchev–Trinajstić information content (AvgIpc) is 2.02. The summed E-state index contributed by atoms with van der Waals surface area (Å²) in [5, 5.41) is 9.26. The van der Waals surface area contributed by atoms with Gasteiger partial charge in [0.25, 0.3) is 0 Å². The van der Waals surface area contributed by atoms with Crippen molar-refractivity contribution >= 4 is 22.8 Å². The molecule has 0 bridgehead atoms. The van der Waals surface area contributed by atoms with E-state index in [9.17, 15) is 14.7 Å². The van der Waals surface area contributed by atoms with Crippen molar-refractivity contribution in [2.24, 2.45) is 0 Å². The van der Waals surface area contributed by atoms with Crippen LogP contribution in [0, 0.1) is 0 Å². The molecule has 0 aromatic carbocycles. The number of ether oxygens (including phenoxy) is 1. The van der Waals surface area contributed by atoms with Gasteiger partial charge in [0.1, 0.15) is 0 Å². The standard InChI is InChI=1S/C8H14O4S/c1-4-13-6(9)5-8(2,11)7(10)12-3/h11H,4-5H2,1-3H3/t8-/m0/s1. The molecular formula is C8H14O4S. The maximum Gasteiger partial charge on any atom is 0.338 e. The molecule has 0 aromatic heterocycles. The number of carbonyl (C=O) groups is 2. The van der Waals surface area contributed by atoms with Crippen LogP contribution in [-0.4, -0.2) is 34.7 Å². The van der Waals surface area contributed by atoms with Gasteiger partial charge in [-0.2, -0.15) is 0 Å². The van der Waals surface area contributed by atoms with E-state index in [-0.39, 0.29) is 11.5 Å². The van der Waals surface area contributed by atoms with Crippen molar-refractivity contribution < 1.29 is 19.4 Å². The maximum absolute atomic E-state index is 11.1. The number of hydrogen-bond donors (Lipinski definition) is 1. The molecule has 76 valence electrons. The summed E-state index contributed by atoms with van der Waals surface area (Å²) in [7, 11) is 1.17. The SMILES string of the molecule is CCSC(=O)C[C@](C)(O)C(=O)OC. The Hall–Kier alpha value is -0.550. The Bertz CT molecular complexity index is 200. The highest BCUT2D eigenvalue weighted by Gasteiger charge is 2.33. The topological polar surface area (TPSA) is 63.6 Å². The number of rotatable bonds is 4. The number of carbonyl (C=O) groups excluding carboxylic acids is 2. The van der Waals surface area contributed by atoms with E-state index in [2.05, 4.69) is 4.74 Å². The minimum atomic E-state index is -1.70. The predicted molar refractivity (Wildman–Crippen MR) is 50.4 cm³/mol. The summed E-state index contributed by atoms with van der Waals surface area (Å²) in [4.78, 5) is 22.0. The summed E-state index contributed by atoms with van der Waals surface area (Å²) in [5.41, 5.74) is -1.70. The molecule has 0 aliphatic carbocycles. The van der Waals surface area contributed by atoms with E-state index in [1.54, 1.807) is 0 Å². The Morgan fingerprint density at radius 2 is 2.08 bits per heavy atom. The quantitative estimate of drug-likeness (QED) is 0.682. The molecule has 5 heteroatoms. The fraction of sp³-hybridized carbons (Fsp3) is 0.750. The van der Waals surface area contributed by atoms with Crippen LogP contribution >= 0.6 is 11.8 Å².